The van der Waals surface area contributed by atoms with Crippen LogP contribution in [0, 0.1) is 25.7 Å². The second kappa shape index (κ2) is 39.9. The maximum atomic E-state index is 12.8. The first kappa shape index (κ1) is 84.2. The molecule has 602 valence electrons. The minimum Gasteiger partial charge on any atom is -0.508 e. The normalized spacial score (nSPS) is 16.0. The average Bonchev–Trinajstić information content (AvgIpc) is 1.74. The second-order valence-electron chi connectivity index (χ2n) is 30.2. The van der Waals surface area contributed by atoms with Gasteiger partial charge >= 0.3 is 6.03 Å². The van der Waals surface area contributed by atoms with Gasteiger partial charge in [-0.1, -0.05) is 118 Å². The number of piperidine rings is 2. The largest absolute Gasteiger partial charge is 0.508 e. The molecule has 24 nitrogen and oxygen atoms in total. The first-order valence-electron chi connectivity index (χ1n) is 39.3. The number of H-pyrrole nitrogens is 2. The van der Waals surface area contributed by atoms with Crippen molar-refractivity contribution in [3.63, 3.8) is 0 Å². The molecule has 24 heteroatoms. The number of methoxy groups -OCH3 is 2. The van der Waals surface area contributed by atoms with E-state index < -0.39 is 0 Å². The zero-order valence-electron chi connectivity index (χ0n) is 67.3. The van der Waals surface area contributed by atoms with Crippen molar-refractivity contribution < 1.29 is 34.4 Å². The van der Waals surface area contributed by atoms with E-state index in [0.717, 1.165) is 149 Å². The number of amides is 2. The van der Waals surface area contributed by atoms with Crippen LogP contribution in [0.4, 0.5) is 27.9 Å². The Morgan fingerprint density at radius 3 is 1.82 bits per heavy atom. The number of benzene rings is 7. The van der Waals surface area contributed by atoms with Crippen LogP contribution in [-0.4, -0.2) is 196 Å². The lowest BCUT2D eigenvalue weighted by atomic mass is 9.92. The van der Waals surface area contributed by atoms with E-state index >= 15 is 0 Å². The van der Waals surface area contributed by atoms with Crippen LogP contribution < -0.4 is 24.6 Å². The number of phenols is 1. The van der Waals surface area contributed by atoms with Crippen molar-refractivity contribution in [1.82, 2.24) is 69.4 Å². The van der Waals surface area contributed by atoms with Crippen LogP contribution in [0.15, 0.2) is 189 Å². The summed E-state index contributed by atoms with van der Waals surface area (Å²) in [5.41, 5.74) is 11.7. The van der Waals surface area contributed by atoms with Gasteiger partial charge in [0.25, 0.3) is 0 Å². The summed E-state index contributed by atoms with van der Waals surface area (Å²) in [5, 5.41) is 37.8. The highest BCUT2D eigenvalue weighted by Crippen LogP contribution is 2.35. The Morgan fingerprint density at radius 1 is 0.591 bits per heavy atom. The van der Waals surface area contributed by atoms with Crippen molar-refractivity contribution in [3.05, 3.63) is 234 Å². The number of carbonyl (C=O) groups excluding carboxylic acids is 2. The number of aromatic amines is 2. The Kier molecular flexibility index (Phi) is 29.2. The lowest BCUT2D eigenvalue weighted by molar-refractivity contribution is 0.0952. The van der Waals surface area contributed by atoms with Crippen molar-refractivity contribution in [2.45, 2.75) is 125 Å². The number of aliphatic hydroxyl groups is 2. The van der Waals surface area contributed by atoms with Gasteiger partial charge in [0.05, 0.1) is 61.0 Å². The van der Waals surface area contributed by atoms with Gasteiger partial charge < -0.3 is 64.6 Å². The fourth-order valence-electron chi connectivity index (χ4n) is 15.2. The number of aliphatic hydroxyl groups excluding tert-OH is 2. The molecule has 0 saturated carbocycles. The Balaban J connectivity index is 0.000000142. The van der Waals surface area contributed by atoms with Crippen LogP contribution in [0.2, 0.25) is 0 Å². The highest BCUT2D eigenvalue weighted by atomic mass is 16.5. The van der Waals surface area contributed by atoms with Crippen LogP contribution in [0.25, 0.3) is 54.6 Å². The molecule has 3 fully saturated rings. The molecule has 16 rings (SSSR count). The van der Waals surface area contributed by atoms with Gasteiger partial charge in [0.15, 0.2) is 17.3 Å². The zero-order valence-corrected chi connectivity index (χ0v) is 67.3. The molecule has 3 aliphatic heterocycles. The number of phenolic OH excluding ortho intramolecular Hbond substituents is 1. The molecule has 2 amide bonds. The van der Waals surface area contributed by atoms with E-state index in [1.165, 1.54) is 41.4 Å². The number of likely N-dealkylation sites (N-methyl/N-ethyl adjacent to an activating group) is 3. The summed E-state index contributed by atoms with van der Waals surface area (Å²) in [6.07, 6.45) is 15.9. The Bertz CT molecular complexity index is 5350. The molecule has 4 atom stereocenters. The molecule has 7 aromatic carbocycles. The summed E-state index contributed by atoms with van der Waals surface area (Å²) in [7, 11) is 9.68. The molecular weight excluding hydrogens is 1440 g/mol. The van der Waals surface area contributed by atoms with Gasteiger partial charge in [0.2, 0.25) is 0 Å². The highest BCUT2D eigenvalue weighted by Gasteiger charge is 2.35. The minimum absolute atomic E-state index is 0. The number of fused-ring (bicyclic) bond motifs is 5. The monoisotopic (exact) mass is 1550 g/mol. The highest BCUT2D eigenvalue weighted by molar-refractivity contribution is 6.00. The maximum Gasteiger partial charge on any atom is 0.320 e. The predicted octanol–water partition coefficient (Wildman–Crippen LogP) is 15.9. The van der Waals surface area contributed by atoms with Crippen LogP contribution >= 0.6 is 0 Å². The Morgan fingerprint density at radius 2 is 1.18 bits per heavy atom. The molecule has 6 aromatic heterocycles. The number of aromatic hydroxyl groups is 1. The van der Waals surface area contributed by atoms with E-state index in [9.17, 15) is 24.9 Å². The first-order chi connectivity index (χ1) is 55.3. The molecule has 0 radical (unpaired) electrons. The molecule has 115 heavy (non-hydrogen) atoms. The van der Waals surface area contributed by atoms with E-state index in [0.29, 0.717) is 64.3 Å². The quantitative estimate of drug-likeness (QED) is 0.0324. The number of Topliss-reactive ketones (excluding diaryl/α,β-unsaturated/α-hetero) is 1. The van der Waals surface area contributed by atoms with Crippen LogP contribution in [0.3, 0.4) is 0 Å². The van der Waals surface area contributed by atoms with Gasteiger partial charge in [0.1, 0.15) is 59.8 Å². The van der Waals surface area contributed by atoms with Crippen molar-refractivity contribution in [3.8, 4) is 17.2 Å². The van der Waals surface area contributed by atoms with E-state index in [2.05, 4.69) is 197 Å². The summed E-state index contributed by atoms with van der Waals surface area (Å²) >= 11 is 0. The summed E-state index contributed by atoms with van der Waals surface area (Å²) in [5.74, 6) is 5.56. The van der Waals surface area contributed by atoms with E-state index in [4.69, 9.17) is 9.47 Å². The number of hydrogen-bond donors (Lipinski definition) is 6. The fourth-order valence-corrected chi connectivity index (χ4v) is 15.2. The Labute approximate surface area is 674 Å². The van der Waals surface area contributed by atoms with Gasteiger partial charge in [-0.3, -0.25) is 9.69 Å². The number of aromatic nitrogens is 10. The van der Waals surface area contributed by atoms with Crippen molar-refractivity contribution >= 4 is 89.6 Å². The minimum atomic E-state index is -0.168. The molecule has 9 heterocycles. The fraction of sp³-hybridized carbons (Fsp3) is 0.363. The number of nitrogens with zero attached hydrogens (tertiary/aromatic N) is 14. The maximum absolute atomic E-state index is 12.8. The number of aryl methyl sites for hydroxylation is 2. The van der Waals surface area contributed by atoms with Gasteiger partial charge in [-0.05, 0) is 172 Å². The van der Waals surface area contributed by atoms with Crippen molar-refractivity contribution in [2.24, 2.45) is 11.8 Å². The lowest BCUT2D eigenvalue weighted by Gasteiger charge is -2.43. The van der Waals surface area contributed by atoms with Gasteiger partial charge in [-0.15, -0.1) is 0 Å². The number of anilines is 4. The third-order valence-electron chi connectivity index (χ3n) is 22.1. The second-order valence-corrected chi connectivity index (χ2v) is 30.2. The smallest absolute Gasteiger partial charge is 0.320 e. The van der Waals surface area contributed by atoms with Gasteiger partial charge in [0, 0.05) is 125 Å². The summed E-state index contributed by atoms with van der Waals surface area (Å²) in [4.78, 5) is 79.9. The zero-order chi connectivity index (χ0) is 80.4. The third-order valence-corrected chi connectivity index (χ3v) is 22.1. The SMILES string of the molecule is C.CC(C)N(CCC(=O)c1ccc2ccccc2c1)Cc1ccccc1.CC1CCN(C)CC1N(C)c1ncnc2[nH]ccc12.COc1cc2ncnc(Cc3ccc(C)cc3)c2cc1OC.C[C@H]1CCN(C(=O)N2CCCC2)C[C@H]1N(C)c1ncnc2[nH]ccc12.Cc1cc(Nc2ncnc3cc(CO)c(CO)cc23)ccc1O. The summed E-state index contributed by atoms with van der Waals surface area (Å²) in [6, 6.07) is 51.1. The lowest BCUT2D eigenvalue weighted by Crippen LogP contribution is -2.55. The number of nitrogens with one attached hydrogen (secondary N) is 3. The molecule has 2 unspecified atom stereocenters. The number of ether oxygens (including phenoxy) is 2. The van der Waals surface area contributed by atoms with Crippen LogP contribution in [-0.2, 0) is 26.2 Å². The number of hydrogen-bond acceptors (Lipinski definition) is 20. The first-order valence-corrected chi connectivity index (χ1v) is 39.3. The molecule has 0 bridgehead atoms. The Hall–Kier alpha value is -11.7. The number of rotatable bonds is 19. The standard InChI is InChI=1S/C23H25NO.C18H26N6O.C18H18N2O2.C17H17N3O3.C14H21N5.CH4/c1-18(2)24(17-19-8-4-3-5-9-19)15-14-23(25)22-13-12-20-10-6-7-11-21(20)16-22;1-13-6-10-24(18(25)23-8-3-4-9-23)11-15(13)22(2)17-14-5-7-19-16(14)20-12-21-17;1-12-4-6-13(7-5-12)8-15-14-9-17(21-2)18(22-3)10-16(14)20-11-19-15;1-10-4-13(2-3-16(10)23)20-17-14-5-11(7-21)12(8-22)6-15(14)18-9-19-17;1-10-5-7-18(2)8-12(10)19(3)14-11-4-6-15-13(11)16-9-17-14;/h3-13,16,18H,14-15,17H2,1-2H3;5,7,12-13,15H,3-4,6,8-11H2,1-2H3,(H,19,20,21);4-7,9-11H,8H2,1-3H3;2-6,9,21-23H,7-8H2,1H3,(H,18,19,20);4,6,9-10,12H,5,7-8H2,1-3H3,(H,15,16,17);1H4/t;13-,15+;;;;/m.0..../s1. The topological polar surface area (TPSA) is 279 Å². The number of urea groups is 1. The van der Waals surface area contributed by atoms with Gasteiger partial charge in [-0.25, -0.2) is 44.7 Å². The molecule has 3 aliphatic rings. The summed E-state index contributed by atoms with van der Waals surface area (Å²) in [6.45, 7) is 19.9. The van der Waals surface area contributed by atoms with Crippen molar-refractivity contribution in [2.75, 3.05) is 96.3 Å². The number of likely N-dealkylation sites (tertiary alicyclic amines) is 3. The predicted molar refractivity (Wildman–Crippen MR) is 461 cm³/mol. The molecule has 0 spiro atoms. The van der Waals surface area contributed by atoms with Crippen molar-refractivity contribution in [1.29, 1.82) is 0 Å². The summed E-state index contributed by atoms with van der Waals surface area (Å²) < 4.78 is 10.7. The van der Waals surface area contributed by atoms with E-state index in [1.807, 2.05) is 89.8 Å². The molecule has 6 N–H and O–H groups in total. The number of ketones is 1. The molecule has 3 saturated heterocycles. The number of carbonyl (C=O) groups is 2. The van der Waals surface area contributed by atoms with E-state index in [1.54, 1.807) is 57.5 Å². The van der Waals surface area contributed by atoms with Crippen LogP contribution in [0.5, 0.6) is 17.2 Å². The third kappa shape index (κ3) is 21.0. The average molecular weight is 1560 g/mol. The molecule has 13 aromatic rings. The molecule has 0 aliphatic carbocycles. The van der Waals surface area contributed by atoms with Crippen LogP contribution in [0.1, 0.15) is 117 Å². The molecular formula is C91H111N17O7. The van der Waals surface area contributed by atoms with E-state index in [-0.39, 0.29) is 44.2 Å². The van der Waals surface area contributed by atoms with Gasteiger partial charge in [-0.2, -0.15) is 0 Å².